The highest BCUT2D eigenvalue weighted by atomic mass is 35.5. The van der Waals surface area contributed by atoms with Crippen LogP contribution < -0.4 is 10.6 Å². The highest BCUT2D eigenvalue weighted by Crippen LogP contribution is 2.20. The second-order valence-electron chi connectivity index (χ2n) is 5.73. The Morgan fingerprint density at radius 3 is 1.78 bits per heavy atom. The third-order valence-corrected chi connectivity index (χ3v) is 4.10. The fraction of sp³-hybridized carbons (Fsp3) is 0.0476. The summed E-state index contributed by atoms with van der Waals surface area (Å²) in [5.41, 5.74) is 3.39. The van der Waals surface area contributed by atoms with Crippen LogP contribution in [-0.2, 0) is 4.74 Å². The quantitative estimate of drug-likeness (QED) is 0.602. The van der Waals surface area contributed by atoms with Crippen LogP contribution in [-0.4, -0.2) is 19.0 Å². The van der Waals surface area contributed by atoms with E-state index in [1.165, 1.54) is 7.11 Å². The second kappa shape index (κ2) is 8.38. The van der Waals surface area contributed by atoms with Crippen molar-refractivity contribution in [2.24, 2.45) is 0 Å². The molecule has 27 heavy (non-hydrogen) atoms. The average molecular weight is 381 g/mol. The molecular weight excluding hydrogens is 364 g/mol. The number of benzene rings is 3. The molecule has 1 amide bonds. The minimum Gasteiger partial charge on any atom is -0.465 e. The van der Waals surface area contributed by atoms with E-state index in [4.69, 9.17) is 11.6 Å². The first kappa shape index (κ1) is 18.5. The maximum absolute atomic E-state index is 12.2. The number of amides is 1. The molecule has 5 nitrogen and oxygen atoms in total. The number of anilines is 3. The number of hydrogen-bond acceptors (Lipinski definition) is 4. The summed E-state index contributed by atoms with van der Waals surface area (Å²) in [6, 6.07) is 21.0. The van der Waals surface area contributed by atoms with E-state index in [1.54, 1.807) is 60.7 Å². The van der Waals surface area contributed by atoms with E-state index in [0.29, 0.717) is 21.8 Å². The second-order valence-corrected chi connectivity index (χ2v) is 6.17. The van der Waals surface area contributed by atoms with Gasteiger partial charge in [-0.15, -0.1) is 0 Å². The Kier molecular flexibility index (Phi) is 5.74. The largest absolute Gasteiger partial charge is 0.465 e. The maximum atomic E-state index is 12.2. The number of nitrogens with one attached hydrogen (secondary N) is 2. The molecule has 0 saturated carbocycles. The Labute approximate surface area is 161 Å². The van der Waals surface area contributed by atoms with Crippen molar-refractivity contribution in [3.63, 3.8) is 0 Å². The van der Waals surface area contributed by atoms with E-state index < -0.39 is 0 Å². The van der Waals surface area contributed by atoms with Crippen LogP contribution in [0.4, 0.5) is 17.1 Å². The number of ether oxygens (including phenoxy) is 1. The molecular formula is C21H17ClN2O3. The van der Waals surface area contributed by atoms with Crippen molar-refractivity contribution in [3.05, 3.63) is 88.9 Å². The van der Waals surface area contributed by atoms with Crippen molar-refractivity contribution < 1.29 is 14.3 Å². The lowest BCUT2D eigenvalue weighted by Crippen LogP contribution is -2.11. The summed E-state index contributed by atoms with van der Waals surface area (Å²) in [6.07, 6.45) is 0. The molecule has 6 heteroatoms. The van der Waals surface area contributed by atoms with Gasteiger partial charge in [0.25, 0.3) is 5.91 Å². The zero-order chi connectivity index (χ0) is 19.2. The van der Waals surface area contributed by atoms with E-state index >= 15 is 0 Å². The predicted octanol–water partition coefficient (Wildman–Crippen LogP) is 5.12. The Morgan fingerprint density at radius 1 is 0.741 bits per heavy atom. The lowest BCUT2D eigenvalue weighted by Gasteiger charge is -2.09. The molecule has 2 N–H and O–H groups in total. The minimum atomic E-state index is -0.373. The normalized spacial score (nSPS) is 10.1. The molecule has 136 valence electrons. The van der Waals surface area contributed by atoms with Crippen LogP contribution in [0, 0.1) is 0 Å². The molecule has 0 aliphatic heterocycles. The van der Waals surface area contributed by atoms with Crippen LogP contribution in [0.15, 0.2) is 72.8 Å². The Morgan fingerprint density at radius 2 is 1.22 bits per heavy atom. The number of methoxy groups -OCH3 is 1. The van der Waals surface area contributed by atoms with Gasteiger partial charge in [0.05, 0.1) is 12.7 Å². The van der Waals surface area contributed by atoms with Gasteiger partial charge >= 0.3 is 5.97 Å². The van der Waals surface area contributed by atoms with Crippen LogP contribution >= 0.6 is 11.6 Å². The average Bonchev–Trinajstić information content (AvgIpc) is 2.70. The molecule has 0 atom stereocenters. The summed E-state index contributed by atoms with van der Waals surface area (Å²) in [7, 11) is 1.35. The number of esters is 1. The van der Waals surface area contributed by atoms with Crippen molar-refractivity contribution >= 4 is 40.5 Å². The number of rotatable bonds is 5. The first-order valence-corrected chi connectivity index (χ1v) is 8.55. The van der Waals surface area contributed by atoms with Gasteiger partial charge in [0.2, 0.25) is 0 Å². The Hall–Kier alpha value is -3.31. The topological polar surface area (TPSA) is 67.4 Å². The third-order valence-electron chi connectivity index (χ3n) is 3.84. The van der Waals surface area contributed by atoms with Gasteiger partial charge in [-0.1, -0.05) is 11.6 Å². The molecule has 0 aliphatic rings. The van der Waals surface area contributed by atoms with E-state index in [0.717, 1.165) is 11.4 Å². The van der Waals surface area contributed by atoms with Gasteiger partial charge < -0.3 is 15.4 Å². The van der Waals surface area contributed by atoms with Gasteiger partial charge in [-0.3, -0.25) is 4.79 Å². The molecule has 0 radical (unpaired) electrons. The summed E-state index contributed by atoms with van der Waals surface area (Å²) >= 11 is 5.83. The van der Waals surface area contributed by atoms with E-state index in [9.17, 15) is 9.59 Å². The predicted molar refractivity (Wildman–Crippen MR) is 107 cm³/mol. The van der Waals surface area contributed by atoms with Gasteiger partial charge in [-0.25, -0.2) is 4.79 Å². The minimum absolute atomic E-state index is 0.203. The van der Waals surface area contributed by atoms with Gasteiger partial charge in [-0.05, 0) is 72.8 Å². The van der Waals surface area contributed by atoms with Crippen LogP contribution in [0.5, 0.6) is 0 Å². The molecule has 0 fully saturated rings. The van der Waals surface area contributed by atoms with Crippen molar-refractivity contribution in [2.45, 2.75) is 0 Å². The number of halogens is 1. The van der Waals surface area contributed by atoms with E-state index in [2.05, 4.69) is 15.4 Å². The van der Waals surface area contributed by atoms with Gasteiger partial charge in [0.1, 0.15) is 0 Å². The SMILES string of the molecule is COC(=O)c1ccc(Nc2ccc(NC(=O)c3ccc(Cl)cc3)cc2)cc1. The molecule has 0 aromatic heterocycles. The number of hydrogen-bond donors (Lipinski definition) is 2. The Balaban J connectivity index is 1.62. The van der Waals surface area contributed by atoms with Crippen LogP contribution in [0.2, 0.25) is 5.02 Å². The highest BCUT2D eigenvalue weighted by molar-refractivity contribution is 6.30. The van der Waals surface area contributed by atoms with Crippen molar-refractivity contribution in [1.82, 2.24) is 0 Å². The fourth-order valence-corrected chi connectivity index (χ4v) is 2.54. The lowest BCUT2D eigenvalue weighted by atomic mass is 10.2. The third kappa shape index (κ3) is 4.86. The van der Waals surface area contributed by atoms with Gasteiger partial charge in [0, 0.05) is 27.6 Å². The van der Waals surface area contributed by atoms with Crippen molar-refractivity contribution in [1.29, 1.82) is 0 Å². The summed E-state index contributed by atoms with van der Waals surface area (Å²) in [5, 5.41) is 6.65. The first-order chi connectivity index (χ1) is 13.0. The molecule has 0 heterocycles. The van der Waals surface area contributed by atoms with Crippen LogP contribution in [0.3, 0.4) is 0 Å². The summed E-state index contributed by atoms with van der Waals surface area (Å²) in [6.45, 7) is 0. The first-order valence-electron chi connectivity index (χ1n) is 8.17. The molecule has 0 aliphatic carbocycles. The summed E-state index contributed by atoms with van der Waals surface area (Å²) in [4.78, 5) is 23.6. The molecule has 0 bridgehead atoms. The van der Waals surface area contributed by atoms with E-state index in [1.807, 2.05) is 12.1 Å². The number of carbonyl (C=O) groups is 2. The highest BCUT2D eigenvalue weighted by Gasteiger charge is 2.07. The monoisotopic (exact) mass is 380 g/mol. The molecule has 0 unspecified atom stereocenters. The molecule has 3 aromatic carbocycles. The number of carbonyl (C=O) groups excluding carboxylic acids is 2. The smallest absolute Gasteiger partial charge is 0.337 e. The zero-order valence-electron chi connectivity index (χ0n) is 14.5. The van der Waals surface area contributed by atoms with E-state index in [-0.39, 0.29) is 11.9 Å². The fourth-order valence-electron chi connectivity index (χ4n) is 2.42. The van der Waals surface area contributed by atoms with Crippen molar-refractivity contribution in [3.8, 4) is 0 Å². The maximum Gasteiger partial charge on any atom is 0.337 e. The Bertz CT molecular complexity index is 937. The van der Waals surface area contributed by atoms with Gasteiger partial charge in [-0.2, -0.15) is 0 Å². The molecule has 0 spiro atoms. The molecule has 3 rings (SSSR count). The van der Waals surface area contributed by atoms with Gasteiger partial charge in [0.15, 0.2) is 0 Å². The van der Waals surface area contributed by atoms with Crippen molar-refractivity contribution in [2.75, 3.05) is 17.7 Å². The van der Waals surface area contributed by atoms with Crippen LogP contribution in [0.25, 0.3) is 0 Å². The lowest BCUT2D eigenvalue weighted by molar-refractivity contribution is 0.0600. The standard InChI is InChI=1S/C21H17ClN2O3/c1-27-21(26)15-4-8-17(9-5-15)23-18-10-12-19(13-11-18)24-20(25)14-2-6-16(22)7-3-14/h2-13,23H,1H3,(H,24,25). The van der Waals surface area contributed by atoms with Crippen LogP contribution in [0.1, 0.15) is 20.7 Å². The summed E-state index contributed by atoms with van der Waals surface area (Å²) in [5.74, 6) is -0.576. The zero-order valence-corrected chi connectivity index (χ0v) is 15.3. The molecule has 3 aromatic rings. The molecule has 0 saturated heterocycles. The summed E-state index contributed by atoms with van der Waals surface area (Å²) < 4.78 is 4.68.